The van der Waals surface area contributed by atoms with Gasteiger partial charge in [-0.1, -0.05) is 13.8 Å². The summed E-state index contributed by atoms with van der Waals surface area (Å²) >= 11 is 0. The minimum atomic E-state index is -1.24. The second-order valence-electron chi connectivity index (χ2n) is 7.74. The number of amides is 3. The molecule has 14 heteroatoms. The Kier molecular flexibility index (Phi) is 11.3. The van der Waals surface area contributed by atoms with Crippen LogP contribution in [-0.2, 0) is 25.6 Å². The standard InChI is InChI=1S/C19H33N9O5/c1-10(2)15(20)17(31)25-8-14(29)27-13(6-11-7-23-9-26-11)16(30)28-12(18(32)33)4-3-5-24-19(21)22/h7,9-10,12-13,15H,3-6,8,20H2,1-2H3,(H,23,26)(H,25,31)(H,27,29)(H,28,30)(H,32,33)(H4,21,22,24). The number of imidazole rings is 1. The molecule has 184 valence electrons. The predicted molar refractivity (Wildman–Crippen MR) is 120 cm³/mol. The van der Waals surface area contributed by atoms with Gasteiger partial charge in [0.05, 0.1) is 18.9 Å². The molecule has 0 bridgehead atoms. The van der Waals surface area contributed by atoms with E-state index in [0.29, 0.717) is 12.1 Å². The Morgan fingerprint density at radius 3 is 2.39 bits per heavy atom. The number of aromatic amines is 1. The van der Waals surface area contributed by atoms with Gasteiger partial charge in [0.25, 0.3) is 0 Å². The third-order valence-corrected chi connectivity index (χ3v) is 4.63. The van der Waals surface area contributed by atoms with Gasteiger partial charge in [0.1, 0.15) is 12.1 Å². The van der Waals surface area contributed by atoms with E-state index in [1.807, 2.05) is 0 Å². The zero-order valence-electron chi connectivity index (χ0n) is 18.7. The smallest absolute Gasteiger partial charge is 0.326 e. The van der Waals surface area contributed by atoms with Crippen LogP contribution in [0.1, 0.15) is 32.4 Å². The fourth-order valence-electron chi connectivity index (χ4n) is 2.69. The van der Waals surface area contributed by atoms with Gasteiger partial charge in [-0.2, -0.15) is 0 Å². The number of carboxylic acids is 1. The fraction of sp³-hybridized carbons (Fsp3) is 0.579. The fourth-order valence-corrected chi connectivity index (χ4v) is 2.69. The largest absolute Gasteiger partial charge is 0.480 e. The van der Waals surface area contributed by atoms with Gasteiger partial charge in [-0.25, -0.2) is 9.78 Å². The molecule has 0 aliphatic rings. The summed E-state index contributed by atoms with van der Waals surface area (Å²) in [6.07, 6.45) is 3.29. The average molecular weight is 468 g/mol. The molecule has 14 nitrogen and oxygen atoms in total. The summed E-state index contributed by atoms with van der Waals surface area (Å²) in [4.78, 5) is 59.1. The van der Waals surface area contributed by atoms with Crippen LogP contribution in [0.4, 0.5) is 0 Å². The monoisotopic (exact) mass is 467 g/mol. The van der Waals surface area contributed by atoms with Gasteiger partial charge in [-0.3, -0.25) is 19.4 Å². The number of nitrogens with two attached hydrogens (primary N) is 3. The Balaban J connectivity index is 2.78. The van der Waals surface area contributed by atoms with Crippen molar-refractivity contribution < 1.29 is 24.3 Å². The van der Waals surface area contributed by atoms with Gasteiger partial charge in [-0.05, 0) is 18.8 Å². The average Bonchev–Trinajstić information content (AvgIpc) is 3.25. The molecule has 3 unspecified atom stereocenters. The summed E-state index contributed by atoms with van der Waals surface area (Å²) in [5.41, 5.74) is 16.8. The number of hydrogen-bond donors (Lipinski definition) is 8. The van der Waals surface area contributed by atoms with Crippen LogP contribution in [0.2, 0.25) is 0 Å². The number of carbonyl (C=O) groups is 4. The van der Waals surface area contributed by atoms with Crippen molar-refractivity contribution in [3.63, 3.8) is 0 Å². The lowest BCUT2D eigenvalue weighted by atomic mass is 10.1. The summed E-state index contributed by atoms with van der Waals surface area (Å²) in [7, 11) is 0. The Hall–Kier alpha value is -3.68. The lowest BCUT2D eigenvalue weighted by Gasteiger charge is -2.21. The van der Waals surface area contributed by atoms with Crippen molar-refractivity contribution in [2.45, 2.75) is 51.2 Å². The van der Waals surface area contributed by atoms with Crippen molar-refractivity contribution in [3.8, 4) is 0 Å². The first-order chi connectivity index (χ1) is 15.5. The molecule has 1 aromatic rings. The van der Waals surface area contributed by atoms with Crippen LogP contribution in [0.25, 0.3) is 0 Å². The van der Waals surface area contributed by atoms with Crippen LogP contribution >= 0.6 is 0 Å². The maximum absolute atomic E-state index is 12.8. The van der Waals surface area contributed by atoms with Crippen molar-refractivity contribution in [3.05, 3.63) is 18.2 Å². The topological polar surface area (TPSA) is 244 Å². The molecule has 0 saturated heterocycles. The van der Waals surface area contributed by atoms with E-state index < -0.39 is 48.4 Å². The highest BCUT2D eigenvalue weighted by Gasteiger charge is 2.27. The van der Waals surface area contributed by atoms with Gasteiger partial charge in [0.15, 0.2) is 5.96 Å². The molecule has 0 aromatic carbocycles. The number of guanidine groups is 1. The number of H-pyrrole nitrogens is 1. The minimum absolute atomic E-state index is 0.0252. The Bertz CT molecular complexity index is 822. The third-order valence-electron chi connectivity index (χ3n) is 4.63. The molecule has 1 heterocycles. The molecular formula is C19H33N9O5. The highest BCUT2D eigenvalue weighted by Crippen LogP contribution is 2.03. The number of aromatic nitrogens is 2. The summed E-state index contributed by atoms with van der Waals surface area (Å²) in [5, 5.41) is 16.8. The molecule has 1 aromatic heterocycles. The Labute approximate surface area is 191 Å². The van der Waals surface area contributed by atoms with Gasteiger partial charge in [0.2, 0.25) is 17.7 Å². The zero-order chi connectivity index (χ0) is 25.0. The molecule has 0 aliphatic carbocycles. The van der Waals surface area contributed by atoms with E-state index in [4.69, 9.17) is 17.2 Å². The highest BCUT2D eigenvalue weighted by atomic mass is 16.4. The number of nitrogens with zero attached hydrogens (tertiary/aromatic N) is 2. The molecule has 3 atom stereocenters. The summed E-state index contributed by atoms with van der Waals surface area (Å²) in [6, 6.07) is -3.11. The second kappa shape index (κ2) is 13.7. The zero-order valence-corrected chi connectivity index (χ0v) is 18.7. The number of nitrogens with one attached hydrogen (secondary N) is 4. The maximum Gasteiger partial charge on any atom is 0.326 e. The molecule has 11 N–H and O–H groups in total. The Morgan fingerprint density at radius 1 is 1.15 bits per heavy atom. The molecule has 0 aliphatic heterocycles. The number of aliphatic imine (C=N–C) groups is 1. The van der Waals surface area contributed by atoms with E-state index in [0.717, 1.165) is 0 Å². The summed E-state index contributed by atoms with van der Waals surface area (Å²) in [6.45, 7) is 3.35. The van der Waals surface area contributed by atoms with Crippen LogP contribution in [0.3, 0.4) is 0 Å². The van der Waals surface area contributed by atoms with Crippen molar-refractivity contribution in [1.82, 2.24) is 25.9 Å². The molecular weight excluding hydrogens is 434 g/mol. The van der Waals surface area contributed by atoms with E-state index >= 15 is 0 Å². The van der Waals surface area contributed by atoms with Crippen LogP contribution < -0.4 is 33.2 Å². The van der Waals surface area contributed by atoms with E-state index in [1.54, 1.807) is 13.8 Å². The number of rotatable bonds is 14. The third kappa shape index (κ3) is 10.5. The van der Waals surface area contributed by atoms with Crippen LogP contribution in [-0.4, -0.2) is 75.9 Å². The molecule has 1 rings (SSSR count). The normalized spacial score (nSPS) is 13.5. The van der Waals surface area contributed by atoms with Crippen molar-refractivity contribution in [2.24, 2.45) is 28.1 Å². The van der Waals surface area contributed by atoms with Gasteiger partial charge in [0, 0.05) is 24.9 Å². The van der Waals surface area contributed by atoms with E-state index in [-0.39, 0.29) is 31.3 Å². The van der Waals surface area contributed by atoms with E-state index in [1.165, 1.54) is 12.5 Å². The number of carbonyl (C=O) groups excluding carboxylic acids is 3. The summed E-state index contributed by atoms with van der Waals surface area (Å²) in [5.74, 6) is -3.33. The lowest BCUT2D eigenvalue weighted by Crippen LogP contribution is -2.54. The predicted octanol–water partition coefficient (Wildman–Crippen LogP) is -2.84. The van der Waals surface area contributed by atoms with Crippen LogP contribution in [0.5, 0.6) is 0 Å². The first kappa shape index (κ1) is 27.4. The van der Waals surface area contributed by atoms with Gasteiger partial charge >= 0.3 is 5.97 Å². The maximum atomic E-state index is 12.8. The lowest BCUT2D eigenvalue weighted by molar-refractivity contribution is -0.142. The first-order valence-corrected chi connectivity index (χ1v) is 10.4. The number of aliphatic carboxylic acids is 1. The number of hydrogen-bond acceptors (Lipinski definition) is 7. The molecule has 0 spiro atoms. The number of carboxylic acid groups (broad SMARTS) is 1. The molecule has 0 fully saturated rings. The first-order valence-electron chi connectivity index (χ1n) is 10.4. The Morgan fingerprint density at radius 2 is 1.85 bits per heavy atom. The van der Waals surface area contributed by atoms with Gasteiger partial charge in [-0.15, -0.1) is 0 Å². The molecule has 3 amide bonds. The van der Waals surface area contributed by atoms with Gasteiger partial charge < -0.3 is 43.2 Å². The molecule has 0 radical (unpaired) electrons. The molecule has 33 heavy (non-hydrogen) atoms. The van der Waals surface area contributed by atoms with Crippen LogP contribution in [0.15, 0.2) is 17.5 Å². The quantitative estimate of drug-likeness (QED) is 0.0796. The van der Waals surface area contributed by atoms with Crippen molar-refractivity contribution >= 4 is 29.7 Å². The van der Waals surface area contributed by atoms with E-state index in [2.05, 4.69) is 30.9 Å². The van der Waals surface area contributed by atoms with Crippen molar-refractivity contribution in [1.29, 1.82) is 0 Å². The summed E-state index contributed by atoms with van der Waals surface area (Å²) < 4.78 is 0. The van der Waals surface area contributed by atoms with Crippen LogP contribution in [0, 0.1) is 5.92 Å². The highest BCUT2D eigenvalue weighted by molar-refractivity contribution is 5.92. The SMILES string of the molecule is CC(C)C(N)C(=O)NCC(=O)NC(Cc1cnc[nH]1)C(=O)NC(CCCN=C(N)N)C(=O)O. The second-order valence-corrected chi connectivity index (χ2v) is 7.74. The molecule has 0 saturated carbocycles. The van der Waals surface area contributed by atoms with E-state index in [9.17, 15) is 24.3 Å². The minimum Gasteiger partial charge on any atom is -0.480 e. The van der Waals surface area contributed by atoms with Crippen molar-refractivity contribution in [2.75, 3.05) is 13.1 Å².